The van der Waals surface area contributed by atoms with E-state index in [9.17, 15) is 9.59 Å². The Hall–Kier alpha value is -2.45. The molecule has 8 nitrogen and oxygen atoms in total. The first kappa shape index (κ1) is 20.9. The molecule has 2 heterocycles. The fraction of sp³-hybridized carbons (Fsp3) is 0.444. The average Bonchev–Trinajstić information content (AvgIpc) is 3.12. The van der Waals surface area contributed by atoms with Crippen LogP contribution in [0.25, 0.3) is 0 Å². The van der Waals surface area contributed by atoms with Crippen LogP contribution >= 0.6 is 12.4 Å². The van der Waals surface area contributed by atoms with Crippen LogP contribution in [0.15, 0.2) is 30.5 Å². The molecule has 3 N–H and O–H groups in total. The Morgan fingerprint density at radius 3 is 2.59 bits per heavy atom. The van der Waals surface area contributed by atoms with Crippen LogP contribution in [-0.2, 0) is 0 Å². The van der Waals surface area contributed by atoms with Gasteiger partial charge < -0.3 is 16.0 Å². The number of halogens is 1. The minimum absolute atomic E-state index is 0. The van der Waals surface area contributed by atoms with E-state index in [1.807, 2.05) is 13.8 Å². The van der Waals surface area contributed by atoms with Gasteiger partial charge in [0.15, 0.2) is 5.69 Å². The van der Waals surface area contributed by atoms with Crippen LogP contribution in [0.1, 0.15) is 53.6 Å². The molecule has 0 bridgehead atoms. The van der Waals surface area contributed by atoms with Crippen molar-refractivity contribution in [3.63, 3.8) is 0 Å². The number of nitrogens with one attached hydrogen (secondary N) is 3. The summed E-state index contributed by atoms with van der Waals surface area (Å²) in [6.45, 7) is 5.64. The largest absolute Gasteiger partial charge is 0.350 e. The fourth-order valence-corrected chi connectivity index (χ4v) is 2.95. The van der Waals surface area contributed by atoms with Crippen molar-refractivity contribution in [1.82, 2.24) is 25.6 Å². The zero-order chi connectivity index (χ0) is 18.5. The maximum Gasteiger partial charge on any atom is 0.277 e. The number of piperidine rings is 1. The van der Waals surface area contributed by atoms with E-state index in [2.05, 4.69) is 26.3 Å². The maximum atomic E-state index is 12.5. The van der Waals surface area contributed by atoms with Crippen LogP contribution in [-0.4, -0.2) is 45.9 Å². The van der Waals surface area contributed by atoms with Crippen molar-refractivity contribution in [2.24, 2.45) is 0 Å². The van der Waals surface area contributed by atoms with Gasteiger partial charge in [0.1, 0.15) is 0 Å². The number of aromatic nitrogens is 3. The van der Waals surface area contributed by atoms with E-state index >= 15 is 0 Å². The first-order valence-corrected chi connectivity index (χ1v) is 8.88. The lowest BCUT2D eigenvalue weighted by Crippen LogP contribution is -2.31. The van der Waals surface area contributed by atoms with Gasteiger partial charge in [-0.1, -0.05) is 17.3 Å². The van der Waals surface area contributed by atoms with Crippen molar-refractivity contribution < 1.29 is 9.59 Å². The molecule has 2 aromatic rings. The Labute approximate surface area is 164 Å². The van der Waals surface area contributed by atoms with Crippen molar-refractivity contribution in [2.75, 3.05) is 18.4 Å². The Morgan fingerprint density at radius 2 is 1.89 bits per heavy atom. The molecule has 3 rings (SSSR count). The monoisotopic (exact) mass is 392 g/mol. The molecule has 0 unspecified atom stereocenters. The summed E-state index contributed by atoms with van der Waals surface area (Å²) in [6.07, 6.45) is 3.59. The summed E-state index contributed by atoms with van der Waals surface area (Å²) in [5.41, 5.74) is 1.11. The number of carbonyl (C=O) groups is 2. The third kappa shape index (κ3) is 5.27. The topological polar surface area (TPSA) is 101 Å². The lowest BCUT2D eigenvalue weighted by atomic mass is 10.1. The minimum atomic E-state index is -0.380. The smallest absolute Gasteiger partial charge is 0.277 e. The molecule has 0 radical (unpaired) electrons. The molecule has 1 aromatic heterocycles. The van der Waals surface area contributed by atoms with E-state index in [0.717, 1.165) is 25.9 Å². The number of carbonyl (C=O) groups excluding carboxylic acids is 2. The molecule has 9 heteroatoms. The molecule has 1 fully saturated rings. The quantitative estimate of drug-likeness (QED) is 0.722. The molecular weight excluding hydrogens is 368 g/mol. The van der Waals surface area contributed by atoms with Crippen LogP contribution in [0.5, 0.6) is 0 Å². The van der Waals surface area contributed by atoms with E-state index in [1.54, 1.807) is 35.1 Å². The van der Waals surface area contributed by atoms with Gasteiger partial charge in [-0.05, 0) is 51.9 Å². The van der Waals surface area contributed by atoms with Crippen LogP contribution in [0.4, 0.5) is 5.69 Å². The fourth-order valence-electron chi connectivity index (χ4n) is 2.95. The molecule has 1 aliphatic heterocycles. The van der Waals surface area contributed by atoms with E-state index in [0.29, 0.717) is 11.3 Å². The van der Waals surface area contributed by atoms with Crippen LogP contribution in [0.3, 0.4) is 0 Å². The molecule has 146 valence electrons. The Morgan fingerprint density at radius 1 is 1.19 bits per heavy atom. The van der Waals surface area contributed by atoms with Gasteiger partial charge in [-0.3, -0.25) is 9.59 Å². The number of benzene rings is 1. The SMILES string of the molecule is CC(C)NC(=O)c1ccccc1NC(=O)c1cn(C2CCNCC2)nn1.Cl. The number of hydrogen-bond donors (Lipinski definition) is 3. The van der Waals surface area contributed by atoms with E-state index in [-0.39, 0.29) is 42.0 Å². The van der Waals surface area contributed by atoms with Gasteiger partial charge in [0.05, 0.1) is 23.5 Å². The third-order valence-corrected chi connectivity index (χ3v) is 4.27. The molecule has 1 saturated heterocycles. The molecule has 1 aliphatic rings. The van der Waals surface area contributed by atoms with Crippen LogP contribution < -0.4 is 16.0 Å². The number of para-hydroxylation sites is 1. The number of amides is 2. The van der Waals surface area contributed by atoms with Gasteiger partial charge >= 0.3 is 0 Å². The highest BCUT2D eigenvalue weighted by molar-refractivity contribution is 6.08. The molecule has 0 aliphatic carbocycles. The zero-order valence-electron chi connectivity index (χ0n) is 15.4. The molecular formula is C18H25ClN6O2. The highest BCUT2D eigenvalue weighted by Gasteiger charge is 2.20. The summed E-state index contributed by atoms with van der Waals surface area (Å²) >= 11 is 0. The second-order valence-electron chi connectivity index (χ2n) is 6.69. The van der Waals surface area contributed by atoms with Crippen LogP contribution in [0.2, 0.25) is 0 Å². The molecule has 0 atom stereocenters. The van der Waals surface area contributed by atoms with Gasteiger partial charge in [-0.15, -0.1) is 17.5 Å². The third-order valence-electron chi connectivity index (χ3n) is 4.27. The number of anilines is 1. The molecule has 1 aromatic carbocycles. The van der Waals surface area contributed by atoms with Crippen LogP contribution in [0, 0.1) is 0 Å². The van der Waals surface area contributed by atoms with E-state index < -0.39 is 0 Å². The molecule has 2 amide bonds. The Kier molecular flexibility index (Phi) is 7.32. The van der Waals surface area contributed by atoms with Gasteiger partial charge in [-0.2, -0.15) is 0 Å². The van der Waals surface area contributed by atoms with E-state index in [1.165, 1.54) is 0 Å². The summed E-state index contributed by atoms with van der Waals surface area (Å²) in [7, 11) is 0. The van der Waals surface area contributed by atoms with Gasteiger partial charge in [0, 0.05) is 6.04 Å². The maximum absolute atomic E-state index is 12.5. The number of hydrogen-bond acceptors (Lipinski definition) is 5. The molecule has 0 spiro atoms. The summed E-state index contributed by atoms with van der Waals surface area (Å²) in [5.74, 6) is -0.607. The van der Waals surface area contributed by atoms with E-state index in [4.69, 9.17) is 0 Å². The first-order valence-electron chi connectivity index (χ1n) is 8.88. The van der Waals surface area contributed by atoms with Gasteiger partial charge in [0.25, 0.3) is 11.8 Å². The lowest BCUT2D eigenvalue weighted by molar-refractivity contribution is 0.0944. The molecule has 27 heavy (non-hydrogen) atoms. The Bertz CT molecular complexity index is 786. The minimum Gasteiger partial charge on any atom is -0.350 e. The zero-order valence-corrected chi connectivity index (χ0v) is 16.3. The highest BCUT2D eigenvalue weighted by atomic mass is 35.5. The van der Waals surface area contributed by atoms with Crippen molar-refractivity contribution in [1.29, 1.82) is 0 Å². The molecule has 0 saturated carbocycles. The number of rotatable bonds is 5. The Balaban J connectivity index is 0.00000261. The lowest BCUT2D eigenvalue weighted by Gasteiger charge is -2.22. The van der Waals surface area contributed by atoms with Gasteiger partial charge in [-0.25, -0.2) is 4.68 Å². The first-order chi connectivity index (χ1) is 12.5. The number of nitrogens with zero attached hydrogens (tertiary/aromatic N) is 3. The normalized spacial score (nSPS) is 14.5. The predicted octanol–water partition coefficient (Wildman–Crippen LogP) is 2.01. The average molecular weight is 393 g/mol. The van der Waals surface area contributed by atoms with Crippen molar-refractivity contribution in [2.45, 2.75) is 38.8 Å². The van der Waals surface area contributed by atoms with Crippen molar-refractivity contribution in [3.05, 3.63) is 41.7 Å². The van der Waals surface area contributed by atoms with Gasteiger partial charge in [0.2, 0.25) is 0 Å². The van der Waals surface area contributed by atoms with Crippen molar-refractivity contribution in [3.8, 4) is 0 Å². The second kappa shape index (κ2) is 9.48. The standard InChI is InChI=1S/C18H24N6O2.ClH/c1-12(2)20-17(25)14-5-3-4-6-15(14)21-18(26)16-11-24(23-22-16)13-7-9-19-10-8-13;/h3-6,11-13,19H,7-10H2,1-2H3,(H,20,25)(H,21,26);1H. The summed E-state index contributed by atoms with van der Waals surface area (Å²) in [4.78, 5) is 24.8. The summed E-state index contributed by atoms with van der Waals surface area (Å²) < 4.78 is 1.76. The van der Waals surface area contributed by atoms with Crippen molar-refractivity contribution >= 4 is 29.9 Å². The highest BCUT2D eigenvalue weighted by Crippen LogP contribution is 2.19. The predicted molar refractivity (Wildman–Crippen MR) is 105 cm³/mol. The summed E-state index contributed by atoms with van der Waals surface area (Å²) in [5, 5.41) is 17.0. The summed E-state index contributed by atoms with van der Waals surface area (Å²) in [6, 6.07) is 7.18. The second-order valence-corrected chi connectivity index (χ2v) is 6.69.